The first-order valence-electron chi connectivity index (χ1n) is 8.96. The van der Waals surface area contributed by atoms with Gasteiger partial charge in [0.25, 0.3) is 6.43 Å². The standard InChI is InChI=1S/C22H16F2N4O2/c1-29-19-8-7-15(9-20(19)30-2)16-10-18(22(23)24)28-21(26-16)11-17(27-28)14-5-3-13(12-25)4-6-14/h3-11,22H,1-2H3. The molecule has 0 bridgehead atoms. The summed E-state index contributed by atoms with van der Waals surface area (Å²) in [7, 11) is 3.03. The van der Waals surface area contributed by atoms with Gasteiger partial charge in [-0.25, -0.2) is 18.3 Å². The van der Waals surface area contributed by atoms with Crippen LogP contribution in [0.4, 0.5) is 8.78 Å². The molecule has 0 aliphatic rings. The van der Waals surface area contributed by atoms with Crippen LogP contribution in [-0.4, -0.2) is 28.8 Å². The molecule has 2 heterocycles. The summed E-state index contributed by atoms with van der Waals surface area (Å²) < 4.78 is 39.3. The first-order chi connectivity index (χ1) is 14.5. The number of nitriles is 1. The van der Waals surface area contributed by atoms with E-state index in [1.807, 2.05) is 6.07 Å². The lowest BCUT2D eigenvalue weighted by atomic mass is 10.1. The van der Waals surface area contributed by atoms with Crippen molar-refractivity contribution in [3.8, 4) is 40.1 Å². The molecule has 4 rings (SSSR count). The fourth-order valence-corrected chi connectivity index (χ4v) is 3.15. The highest BCUT2D eigenvalue weighted by atomic mass is 19.3. The molecule has 0 unspecified atom stereocenters. The number of alkyl halides is 2. The Morgan fingerprint density at radius 3 is 2.23 bits per heavy atom. The van der Waals surface area contributed by atoms with Crippen molar-refractivity contribution in [2.75, 3.05) is 14.2 Å². The third-order valence-electron chi connectivity index (χ3n) is 4.67. The summed E-state index contributed by atoms with van der Waals surface area (Å²) in [5.41, 5.74) is 2.68. The molecule has 0 radical (unpaired) electrons. The Bertz CT molecular complexity index is 1260. The summed E-state index contributed by atoms with van der Waals surface area (Å²) in [6, 6.07) is 16.8. The Kier molecular flexibility index (Phi) is 5.02. The maximum atomic E-state index is 13.8. The number of fused-ring (bicyclic) bond motifs is 1. The molecule has 0 saturated carbocycles. The van der Waals surface area contributed by atoms with E-state index in [2.05, 4.69) is 10.1 Å². The molecular weight excluding hydrogens is 390 g/mol. The van der Waals surface area contributed by atoms with Gasteiger partial charge in [0.2, 0.25) is 0 Å². The summed E-state index contributed by atoms with van der Waals surface area (Å²) in [6.45, 7) is 0. The van der Waals surface area contributed by atoms with Crippen molar-refractivity contribution in [2.24, 2.45) is 0 Å². The zero-order valence-corrected chi connectivity index (χ0v) is 16.1. The number of aromatic nitrogens is 3. The number of halogens is 2. The van der Waals surface area contributed by atoms with E-state index in [-0.39, 0.29) is 11.3 Å². The first-order valence-corrected chi connectivity index (χ1v) is 8.96. The topological polar surface area (TPSA) is 72.4 Å². The van der Waals surface area contributed by atoms with Gasteiger partial charge in [-0.3, -0.25) is 0 Å². The second-order valence-corrected chi connectivity index (χ2v) is 6.43. The largest absolute Gasteiger partial charge is 0.493 e. The van der Waals surface area contributed by atoms with Crippen LogP contribution in [-0.2, 0) is 0 Å². The Labute approximate surface area is 170 Å². The molecule has 150 valence electrons. The number of methoxy groups -OCH3 is 2. The molecule has 0 saturated heterocycles. The number of hydrogen-bond acceptors (Lipinski definition) is 5. The molecule has 0 aliphatic heterocycles. The molecule has 8 heteroatoms. The number of nitrogens with zero attached hydrogens (tertiary/aromatic N) is 4. The van der Waals surface area contributed by atoms with Gasteiger partial charge < -0.3 is 9.47 Å². The molecule has 6 nitrogen and oxygen atoms in total. The van der Waals surface area contributed by atoms with Crippen LogP contribution in [0, 0.1) is 11.3 Å². The van der Waals surface area contributed by atoms with Gasteiger partial charge in [0.1, 0.15) is 5.69 Å². The van der Waals surface area contributed by atoms with Crippen LogP contribution in [0.1, 0.15) is 17.7 Å². The van der Waals surface area contributed by atoms with Gasteiger partial charge in [-0.2, -0.15) is 10.4 Å². The molecule has 0 fully saturated rings. The van der Waals surface area contributed by atoms with Crippen molar-refractivity contribution >= 4 is 5.65 Å². The van der Waals surface area contributed by atoms with Crippen molar-refractivity contribution < 1.29 is 18.3 Å². The van der Waals surface area contributed by atoms with Gasteiger partial charge in [-0.1, -0.05) is 12.1 Å². The van der Waals surface area contributed by atoms with Crippen molar-refractivity contribution in [3.05, 3.63) is 65.9 Å². The minimum Gasteiger partial charge on any atom is -0.493 e. The second-order valence-electron chi connectivity index (χ2n) is 6.43. The van der Waals surface area contributed by atoms with Gasteiger partial charge in [-0.05, 0) is 36.4 Å². The monoisotopic (exact) mass is 406 g/mol. The molecule has 2 aromatic carbocycles. The van der Waals surface area contributed by atoms with Crippen LogP contribution in [0.5, 0.6) is 11.5 Å². The molecule has 0 N–H and O–H groups in total. The zero-order chi connectivity index (χ0) is 21.3. The van der Waals surface area contributed by atoms with Gasteiger partial charge >= 0.3 is 0 Å². The number of rotatable bonds is 5. The van der Waals surface area contributed by atoms with E-state index in [4.69, 9.17) is 14.7 Å². The quantitative estimate of drug-likeness (QED) is 0.472. The van der Waals surface area contributed by atoms with Gasteiger partial charge in [0.05, 0.1) is 37.2 Å². The van der Waals surface area contributed by atoms with Crippen molar-refractivity contribution in [2.45, 2.75) is 6.43 Å². The van der Waals surface area contributed by atoms with Gasteiger partial charge in [-0.15, -0.1) is 0 Å². The average molecular weight is 406 g/mol. The normalized spacial score (nSPS) is 10.9. The maximum absolute atomic E-state index is 13.8. The molecule has 0 aliphatic carbocycles. The van der Waals surface area contributed by atoms with E-state index in [9.17, 15) is 8.78 Å². The SMILES string of the molecule is COc1ccc(-c2cc(C(F)F)n3nc(-c4ccc(C#N)cc4)cc3n2)cc1OC. The number of hydrogen-bond donors (Lipinski definition) is 0. The highest BCUT2D eigenvalue weighted by molar-refractivity contribution is 5.69. The van der Waals surface area contributed by atoms with Crippen LogP contribution in [0.2, 0.25) is 0 Å². The van der Waals surface area contributed by atoms with Crippen LogP contribution in [0.15, 0.2) is 54.6 Å². The smallest absolute Gasteiger partial charge is 0.280 e. The molecule has 0 atom stereocenters. The van der Waals surface area contributed by atoms with Gasteiger partial charge in [0.15, 0.2) is 17.1 Å². The third kappa shape index (κ3) is 3.42. The fraction of sp³-hybridized carbons (Fsp3) is 0.136. The Balaban J connectivity index is 1.86. The van der Waals surface area contributed by atoms with Crippen LogP contribution in [0.3, 0.4) is 0 Å². The summed E-state index contributed by atoms with van der Waals surface area (Å²) in [5, 5.41) is 13.2. The first kappa shape index (κ1) is 19.3. The predicted octanol–water partition coefficient (Wildman–Crippen LogP) is 4.89. The summed E-state index contributed by atoms with van der Waals surface area (Å²) >= 11 is 0. The molecule has 4 aromatic rings. The highest BCUT2D eigenvalue weighted by Gasteiger charge is 2.19. The Hall–Kier alpha value is -3.99. The minimum absolute atomic E-state index is 0.273. The van der Waals surface area contributed by atoms with E-state index < -0.39 is 6.43 Å². The van der Waals surface area contributed by atoms with E-state index in [0.717, 1.165) is 4.52 Å². The second kappa shape index (κ2) is 7.79. The van der Waals surface area contributed by atoms with Gasteiger partial charge in [0, 0.05) is 17.2 Å². The molecule has 0 amide bonds. The molecule has 30 heavy (non-hydrogen) atoms. The minimum atomic E-state index is -2.75. The van der Waals surface area contributed by atoms with Crippen molar-refractivity contribution in [1.29, 1.82) is 5.26 Å². The summed E-state index contributed by atoms with van der Waals surface area (Å²) in [5.74, 6) is 1.01. The van der Waals surface area contributed by atoms with Crippen molar-refractivity contribution in [3.63, 3.8) is 0 Å². The van der Waals surface area contributed by atoms with Crippen LogP contribution >= 0.6 is 0 Å². The number of ether oxygens (including phenoxy) is 2. The molecule has 0 spiro atoms. The Morgan fingerprint density at radius 1 is 0.900 bits per heavy atom. The molecular formula is C22H16F2N4O2. The number of benzene rings is 2. The highest BCUT2D eigenvalue weighted by Crippen LogP contribution is 2.33. The van der Waals surface area contributed by atoms with Crippen molar-refractivity contribution in [1.82, 2.24) is 14.6 Å². The van der Waals surface area contributed by atoms with Crippen LogP contribution in [0.25, 0.3) is 28.2 Å². The zero-order valence-electron chi connectivity index (χ0n) is 16.1. The summed E-state index contributed by atoms with van der Waals surface area (Å²) in [6.07, 6.45) is -2.75. The van der Waals surface area contributed by atoms with Crippen LogP contribution < -0.4 is 9.47 Å². The van der Waals surface area contributed by atoms with E-state index in [0.29, 0.717) is 39.6 Å². The van der Waals surface area contributed by atoms with E-state index in [1.54, 1.807) is 48.5 Å². The lowest BCUT2D eigenvalue weighted by molar-refractivity contribution is 0.143. The average Bonchev–Trinajstić information content (AvgIpc) is 3.22. The lowest BCUT2D eigenvalue weighted by Gasteiger charge is -2.11. The fourth-order valence-electron chi connectivity index (χ4n) is 3.15. The summed E-state index contributed by atoms with van der Waals surface area (Å²) in [4.78, 5) is 4.52. The Morgan fingerprint density at radius 2 is 1.60 bits per heavy atom. The lowest BCUT2D eigenvalue weighted by Crippen LogP contribution is -2.02. The van der Waals surface area contributed by atoms with E-state index >= 15 is 0 Å². The van der Waals surface area contributed by atoms with E-state index in [1.165, 1.54) is 20.3 Å². The maximum Gasteiger partial charge on any atom is 0.280 e. The third-order valence-corrected chi connectivity index (χ3v) is 4.67. The molecule has 2 aromatic heterocycles. The predicted molar refractivity (Wildman–Crippen MR) is 107 cm³/mol.